The summed E-state index contributed by atoms with van der Waals surface area (Å²) in [5, 5.41) is 1.56. The second-order valence-electron chi connectivity index (χ2n) is 11.5. The van der Waals surface area contributed by atoms with E-state index in [2.05, 4.69) is 45.7 Å². The van der Waals surface area contributed by atoms with Gasteiger partial charge in [-0.1, -0.05) is 13.8 Å². The van der Waals surface area contributed by atoms with Crippen LogP contribution in [0.25, 0.3) is 21.8 Å². The average molecular weight is 643 g/mol. The summed E-state index contributed by atoms with van der Waals surface area (Å²) in [6.07, 6.45) is 14.7. The molecule has 0 amide bonds. The molecule has 0 spiro atoms. The maximum absolute atomic E-state index is 12.9. The van der Waals surface area contributed by atoms with E-state index in [1.807, 2.05) is 71.8 Å². The van der Waals surface area contributed by atoms with Crippen molar-refractivity contribution in [2.45, 2.75) is 26.7 Å². The molecule has 4 aromatic heterocycles. The molecule has 0 aliphatic carbocycles. The van der Waals surface area contributed by atoms with Gasteiger partial charge in [-0.25, -0.2) is 9.59 Å². The van der Waals surface area contributed by atoms with Crippen molar-refractivity contribution < 1.29 is 19.1 Å². The summed E-state index contributed by atoms with van der Waals surface area (Å²) in [4.78, 5) is 38.6. The molecule has 6 rings (SSSR count). The van der Waals surface area contributed by atoms with Gasteiger partial charge in [0.05, 0.1) is 11.0 Å². The summed E-state index contributed by atoms with van der Waals surface area (Å²) < 4.78 is 15.3. The van der Waals surface area contributed by atoms with Gasteiger partial charge in [-0.05, 0) is 73.5 Å². The van der Waals surface area contributed by atoms with Crippen LogP contribution in [0.4, 0.5) is 22.7 Å². The van der Waals surface area contributed by atoms with Crippen LogP contribution in [0.3, 0.4) is 0 Å². The smallest absolute Gasteiger partial charge is 0.336 e. The van der Waals surface area contributed by atoms with Gasteiger partial charge in [-0.15, -0.1) is 0 Å². The van der Waals surface area contributed by atoms with E-state index in [9.17, 15) is 9.59 Å². The van der Waals surface area contributed by atoms with Crippen molar-refractivity contribution in [1.29, 1.82) is 0 Å². The van der Waals surface area contributed by atoms with Crippen LogP contribution in [0, 0.1) is 0 Å². The van der Waals surface area contributed by atoms with E-state index < -0.39 is 11.9 Å². The predicted octanol–water partition coefficient (Wildman–Crippen LogP) is 7.62. The van der Waals surface area contributed by atoms with Crippen molar-refractivity contribution in [3.05, 3.63) is 110 Å². The fourth-order valence-electron chi connectivity index (χ4n) is 5.92. The first kappa shape index (κ1) is 32.1. The van der Waals surface area contributed by atoms with Crippen LogP contribution in [0.1, 0.15) is 26.7 Å². The zero-order valence-corrected chi connectivity index (χ0v) is 27.5. The maximum atomic E-state index is 12.9. The molecule has 0 radical (unpaired) electrons. The monoisotopic (exact) mass is 642 g/mol. The first-order valence-corrected chi connectivity index (χ1v) is 16.0. The van der Waals surface area contributed by atoms with E-state index in [1.165, 1.54) is 0 Å². The Hall–Kier alpha value is -5.90. The van der Waals surface area contributed by atoms with E-state index in [1.54, 1.807) is 37.2 Å². The third-order valence-electron chi connectivity index (χ3n) is 8.12. The highest BCUT2D eigenvalue weighted by atomic mass is 16.5. The fourth-order valence-corrected chi connectivity index (χ4v) is 5.92. The molecule has 0 fully saturated rings. The molecule has 0 saturated carbocycles. The van der Waals surface area contributed by atoms with Crippen molar-refractivity contribution in [1.82, 2.24) is 19.1 Å². The molecule has 0 aliphatic rings. The molecule has 0 unspecified atom stereocenters. The van der Waals surface area contributed by atoms with E-state index >= 15 is 0 Å². The van der Waals surface area contributed by atoms with Crippen LogP contribution in [0.2, 0.25) is 0 Å². The van der Waals surface area contributed by atoms with Gasteiger partial charge in [-0.3, -0.25) is 9.97 Å². The third-order valence-corrected chi connectivity index (χ3v) is 8.12. The minimum absolute atomic E-state index is 0.399. The molecule has 48 heavy (non-hydrogen) atoms. The maximum Gasteiger partial charge on any atom is 0.336 e. The Kier molecular flexibility index (Phi) is 9.52. The number of hydrogen-bond acceptors (Lipinski definition) is 8. The number of pyridine rings is 2. The zero-order chi connectivity index (χ0) is 33.6. The summed E-state index contributed by atoms with van der Waals surface area (Å²) in [7, 11) is 3.79. The molecule has 6 aromatic rings. The first-order chi connectivity index (χ1) is 23.4. The fraction of sp³-hybridized carbons (Fsp3) is 0.211. The molecule has 0 saturated heterocycles. The zero-order valence-electron chi connectivity index (χ0n) is 27.5. The number of anilines is 4. The molecule has 4 heterocycles. The Bertz CT molecular complexity index is 1940. The minimum Gasteiger partial charge on any atom is -0.421 e. The Morgan fingerprint density at radius 3 is 1.40 bits per heavy atom. The van der Waals surface area contributed by atoms with Crippen molar-refractivity contribution in [2.75, 3.05) is 22.9 Å². The molecular weight excluding hydrogens is 604 g/mol. The molecule has 10 nitrogen and oxygen atoms in total. The Morgan fingerprint density at radius 1 is 0.625 bits per heavy atom. The van der Waals surface area contributed by atoms with Gasteiger partial charge in [-0.2, -0.15) is 0 Å². The second kappa shape index (κ2) is 14.3. The van der Waals surface area contributed by atoms with E-state index in [-0.39, 0.29) is 0 Å². The van der Waals surface area contributed by atoms with Crippen LogP contribution >= 0.6 is 0 Å². The number of aryl methyl sites for hydroxylation is 2. The number of benzene rings is 2. The van der Waals surface area contributed by atoms with Crippen LogP contribution in [-0.2, 0) is 23.7 Å². The highest BCUT2D eigenvalue weighted by molar-refractivity contribution is 5.98. The second-order valence-corrected chi connectivity index (χ2v) is 11.5. The lowest BCUT2D eigenvalue weighted by molar-refractivity contribution is -0.131. The molecular formula is C38H38N6O4. The van der Waals surface area contributed by atoms with Gasteiger partial charge in [0.15, 0.2) is 11.5 Å². The van der Waals surface area contributed by atoms with Gasteiger partial charge in [0, 0.05) is 110 Å². The van der Waals surface area contributed by atoms with Crippen LogP contribution in [0.5, 0.6) is 11.5 Å². The van der Waals surface area contributed by atoms with Crippen LogP contribution in [-0.4, -0.2) is 44.1 Å². The Balaban J connectivity index is 1.19. The summed E-state index contributed by atoms with van der Waals surface area (Å²) in [6.45, 7) is 5.87. The Labute approximate surface area is 279 Å². The molecule has 10 heteroatoms. The number of hydrogen-bond donors (Lipinski definition) is 0. The number of carbonyl (C=O) groups excluding carboxylic acids is 2. The van der Waals surface area contributed by atoms with Crippen molar-refractivity contribution >= 4 is 56.5 Å². The SMILES string of the molecule is CCCN(c1ccncc1)c1ccc2c(c1)c(OC(=O)/C=C\C(=O)Oc1cn(C)c3ccc(N(CCC)c4ccncc4)cc13)cn2C. The summed E-state index contributed by atoms with van der Waals surface area (Å²) in [6, 6.07) is 20.0. The Morgan fingerprint density at radius 2 is 1.02 bits per heavy atom. The molecule has 0 aliphatic heterocycles. The number of fused-ring (bicyclic) bond motifs is 2. The van der Waals surface area contributed by atoms with E-state index in [0.29, 0.717) is 11.5 Å². The van der Waals surface area contributed by atoms with Crippen LogP contribution in [0.15, 0.2) is 110 Å². The number of nitrogens with zero attached hydrogens (tertiary/aromatic N) is 6. The van der Waals surface area contributed by atoms with Crippen LogP contribution < -0.4 is 19.3 Å². The largest absolute Gasteiger partial charge is 0.421 e. The quantitative estimate of drug-likeness (QED) is 0.0994. The molecule has 2 aromatic carbocycles. The number of rotatable bonds is 12. The predicted molar refractivity (Wildman–Crippen MR) is 189 cm³/mol. The summed E-state index contributed by atoms with van der Waals surface area (Å²) in [5.41, 5.74) is 5.80. The van der Waals surface area contributed by atoms with Crippen molar-refractivity contribution in [2.24, 2.45) is 14.1 Å². The first-order valence-electron chi connectivity index (χ1n) is 16.0. The molecule has 0 bridgehead atoms. The number of ether oxygens (including phenoxy) is 2. The van der Waals surface area contributed by atoms with Crippen molar-refractivity contribution in [3.8, 4) is 11.5 Å². The van der Waals surface area contributed by atoms with E-state index in [0.717, 1.165) is 82.6 Å². The number of carbonyl (C=O) groups is 2. The van der Waals surface area contributed by atoms with E-state index in [4.69, 9.17) is 9.47 Å². The lowest BCUT2D eigenvalue weighted by Crippen LogP contribution is -2.17. The standard InChI is InChI=1S/C38H38N6O4/c1-5-21-43(27-13-17-39-18-14-27)29-7-9-33-31(23-29)35(25-41(33)3)47-37(45)11-12-38(46)48-36-26-42(4)34-10-8-30(24-32(34)36)44(22-6-2)28-15-19-40-20-16-28/h7-20,23-26H,5-6,21-22H2,1-4H3/b12-11-. The average Bonchev–Trinajstić information content (AvgIpc) is 3.59. The van der Waals surface area contributed by atoms with Gasteiger partial charge in [0.25, 0.3) is 0 Å². The third kappa shape index (κ3) is 6.78. The highest BCUT2D eigenvalue weighted by Gasteiger charge is 2.17. The topological polar surface area (TPSA) is 94.7 Å². The minimum atomic E-state index is -0.683. The lowest BCUT2D eigenvalue weighted by atomic mass is 10.2. The molecule has 0 atom stereocenters. The number of aromatic nitrogens is 4. The normalized spacial score (nSPS) is 11.3. The number of esters is 2. The molecule has 244 valence electrons. The highest BCUT2D eigenvalue weighted by Crippen LogP contribution is 2.35. The van der Waals surface area contributed by atoms with Gasteiger partial charge >= 0.3 is 11.9 Å². The lowest BCUT2D eigenvalue weighted by Gasteiger charge is -2.24. The summed E-state index contributed by atoms with van der Waals surface area (Å²) in [5.74, 6) is -0.568. The summed E-state index contributed by atoms with van der Waals surface area (Å²) >= 11 is 0. The van der Waals surface area contributed by atoms with Gasteiger partial charge in [0.2, 0.25) is 0 Å². The van der Waals surface area contributed by atoms with Gasteiger partial charge < -0.3 is 28.4 Å². The van der Waals surface area contributed by atoms with Gasteiger partial charge in [0.1, 0.15) is 0 Å². The van der Waals surface area contributed by atoms with Crippen molar-refractivity contribution in [3.63, 3.8) is 0 Å². The molecule has 0 N–H and O–H groups in total.